The van der Waals surface area contributed by atoms with Gasteiger partial charge in [-0.25, -0.2) is 5.43 Å². The molecule has 2 aromatic carbocycles. The van der Waals surface area contributed by atoms with Gasteiger partial charge in [0.2, 0.25) is 0 Å². The number of thiophene rings is 1. The molecule has 0 unspecified atom stereocenters. The molecular weight excluding hydrogens is 422 g/mol. The second-order valence-electron chi connectivity index (χ2n) is 6.22. The second-order valence-corrected chi connectivity index (χ2v) is 7.61. The number of carbonyl (C=O) groups is 2. The molecule has 0 saturated carbocycles. The molecule has 0 aliphatic heterocycles. The van der Waals surface area contributed by atoms with Crippen LogP contribution < -0.4 is 10.7 Å². The highest BCUT2D eigenvalue weighted by atomic mass is 35.5. The molecule has 2 amide bonds. The monoisotopic (exact) mass is 439 g/mol. The molecule has 0 atom stereocenters. The zero-order chi connectivity index (χ0) is 21.5. The first-order chi connectivity index (χ1) is 14.5. The summed E-state index contributed by atoms with van der Waals surface area (Å²) in [6, 6.07) is 15.4. The van der Waals surface area contributed by atoms with Crippen molar-refractivity contribution in [3.63, 3.8) is 0 Å². The Morgan fingerprint density at radius 1 is 1.10 bits per heavy atom. The summed E-state index contributed by atoms with van der Waals surface area (Å²) in [7, 11) is 0. The van der Waals surface area contributed by atoms with Crippen molar-refractivity contribution in [1.29, 1.82) is 0 Å². The summed E-state index contributed by atoms with van der Waals surface area (Å²) >= 11 is 7.49. The van der Waals surface area contributed by atoms with Crippen molar-refractivity contribution in [1.82, 2.24) is 10.7 Å². The Morgan fingerprint density at radius 2 is 1.90 bits per heavy atom. The Balaban J connectivity index is 1.79. The van der Waals surface area contributed by atoms with E-state index in [1.165, 1.54) is 17.6 Å². The van der Waals surface area contributed by atoms with Gasteiger partial charge in [0.25, 0.3) is 11.8 Å². The summed E-state index contributed by atoms with van der Waals surface area (Å²) in [6.45, 7) is 1.76. The third-order valence-corrected chi connectivity index (χ3v) is 5.23. The summed E-state index contributed by atoms with van der Waals surface area (Å²) in [5, 5.41) is 18.6. The van der Waals surface area contributed by atoms with Crippen molar-refractivity contribution < 1.29 is 14.7 Å². The van der Waals surface area contributed by atoms with Crippen LogP contribution in [0.25, 0.3) is 6.08 Å². The molecule has 1 heterocycles. The molecule has 0 aliphatic rings. The maximum absolute atomic E-state index is 12.7. The first-order valence-corrected chi connectivity index (χ1v) is 10.1. The Hall–Kier alpha value is -3.42. The van der Waals surface area contributed by atoms with Crippen LogP contribution in [0.3, 0.4) is 0 Å². The van der Waals surface area contributed by atoms with E-state index in [1.54, 1.807) is 55.5 Å². The van der Waals surface area contributed by atoms with E-state index >= 15 is 0 Å². The maximum atomic E-state index is 12.7. The lowest BCUT2D eigenvalue weighted by Gasteiger charge is -2.09. The molecule has 0 spiro atoms. The molecule has 0 saturated heterocycles. The number of halogens is 1. The normalized spacial score (nSPS) is 11.5. The van der Waals surface area contributed by atoms with Gasteiger partial charge < -0.3 is 10.4 Å². The summed E-state index contributed by atoms with van der Waals surface area (Å²) in [4.78, 5) is 26.0. The van der Waals surface area contributed by atoms with Gasteiger partial charge in [0.05, 0.1) is 16.8 Å². The molecule has 8 heteroatoms. The van der Waals surface area contributed by atoms with Gasteiger partial charge in [0.1, 0.15) is 11.4 Å². The van der Waals surface area contributed by atoms with Crippen molar-refractivity contribution >= 4 is 47.0 Å². The highest BCUT2D eigenvalue weighted by molar-refractivity contribution is 7.10. The third kappa shape index (κ3) is 5.34. The number of para-hydroxylation sites is 1. The summed E-state index contributed by atoms with van der Waals surface area (Å²) in [6.07, 6.45) is 2.88. The van der Waals surface area contributed by atoms with Crippen LogP contribution in [0, 0.1) is 6.92 Å². The first-order valence-electron chi connectivity index (χ1n) is 8.89. The fourth-order valence-electron chi connectivity index (χ4n) is 2.52. The zero-order valence-corrected chi connectivity index (χ0v) is 17.5. The smallest absolute Gasteiger partial charge is 0.287 e. The van der Waals surface area contributed by atoms with Crippen LogP contribution >= 0.6 is 22.9 Å². The van der Waals surface area contributed by atoms with E-state index in [0.29, 0.717) is 11.1 Å². The predicted molar refractivity (Wildman–Crippen MR) is 120 cm³/mol. The number of nitrogens with zero attached hydrogens (tertiary/aromatic N) is 1. The van der Waals surface area contributed by atoms with Crippen LogP contribution in [0.1, 0.15) is 26.4 Å². The average Bonchev–Trinajstić information content (AvgIpc) is 3.24. The number of hydrazone groups is 1. The SMILES string of the molecule is Cc1cccc(C=NNC(=O)/C(=C/c2cccs2)NC(=O)c2ccccc2Cl)c1O. The van der Waals surface area contributed by atoms with Crippen LogP contribution in [0.2, 0.25) is 5.02 Å². The summed E-state index contributed by atoms with van der Waals surface area (Å²) in [5.74, 6) is -1.05. The average molecular weight is 440 g/mol. The quantitative estimate of drug-likeness (QED) is 0.303. The molecule has 6 nitrogen and oxygen atoms in total. The molecule has 3 N–H and O–H groups in total. The maximum Gasteiger partial charge on any atom is 0.287 e. The lowest BCUT2D eigenvalue weighted by molar-refractivity contribution is -0.117. The third-order valence-electron chi connectivity index (χ3n) is 4.08. The summed E-state index contributed by atoms with van der Waals surface area (Å²) < 4.78 is 0. The molecule has 0 fully saturated rings. The van der Waals surface area contributed by atoms with Crippen LogP contribution in [-0.2, 0) is 4.79 Å². The van der Waals surface area contributed by atoms with Crippen LogP contribution in [0.15, 0.2) is 70.8 Å². The van der Waals surface area contributed by atoms with E-state index in [1.807, 2.05) is 17.5 Å². The number of aryl methyl sites for hydroxylation is 1. The number of hydrogen-bond acceptors (Lipinski definition) is 5. The number of phenolic OH excluding ortho intramolecular Hbond substituents is 1. The van der Waals surface area contributed by atoms with Crippen LogP contribution in [0.5, 0.6) is 5.75 Å². The Bertz CT molecular complexity index is 1120. The van der Waals surface area contributed by atoms with Crippen molar-refractivity contribution in [3.8, 4) is 5.75 Å². The van der Waals surface area contributed by atoms with Crippen molar-refractivity contribution in [2.45, 2.75) is 6.92 Å². The molecule has 152 valence electrons. The Kier molecular flexibility index (Phi) is 7.00. The molecule has 0 bridgehead atoms. The van der Waals surface area contributed by atoms with Gasteiger partial charge in [-0.15, -0.1) is 11.3 Å². The zero-order valence-electron chi connectivity index (χ0n) is 15.9. The second kappa shape index (κ2) is 9.87. The Labute approximate surface area is 182 Å². The van der Waals surface area contributed by atoms with Crippen molar-refractivity contribution in [3.05, 3.63) is 92.3 Å². The van der Waals surface area contributed by atoms with E-state index in [-0.39, 0.29) is 22.0 Å². The minimum Gasteiger partial charge on any atom is -0.507 e. The number of aromatic hydroxyl groups is 1. The molecule has 3 rings (SSSR count). The number of hydrogen-bond donors (Lipinski definition) is 3. The minimum atomic E-state index is -0.618. The number of nitrogens with one attached hydrogen (secondary N) is 2. The van der Waals surface area contributed by atoms with E-state index in [0.717, 1.165) is 4.88 Å². The standard InChI is InChI=1S/C22H18ClN3O3S/c1-14-6-4-7-15(20(14)27)13-24-26-22(29)19(12-16-8-5-11-30-16)25-21(28)17-9-2-3-10-18(17)23/h2-13,27H,1H3,(H,25,28)(H,26,29)/b19-12-,24-13?. The molecule has 3 aromatic rings. The molecular formula is C22H18ClN3O3S. The number of carbonyl (C=O) groups excluding carboxylic acids is 2. The van der Waals surface area contributed by atoms with Crippen LogP contribution in [-0.4, -0.2) is 23.1 Å². The van der Waals surface area contributed by atoms with E-state index in [4.69, 9.17) is 11.6 Å². The number of benzene rings is 2. The largest absolute Gasteiger partial charge is 0.507 e. The van der Waals surface area contributed by atoms with Crippen LogP contribution in [0.4, 0.5) is 0 Å². The van der Waals surface area contributed by atoms with Gasteiger partial charge in [0.15, 0.2) is 0 Å². The molecule has 1 aromatic heterocycles. The summed E-state index contributed by atoms with van der Waals surface area (Å²) in [5.41, 5.74) is 3.77. The Morgan fingerprint density at radius 3 is 2.63 bits per heavy atom. The molecule has 30 heavy (non-hydrogen) atoms. The highest BCUT2D eigenvalue weighted by Crippen LogP contribution is 2.19. The van der Waals surface area contributed by atoms with Gasteiger partial charge in [-0.05, 0) is 48.2 Å². The van der Waals surface area contributed by atoms with Gasteiger partial charge in [-0.2, -0.15) is 5.10 Å². The minimum absolute atomic E-state index is 0.00739. The van der Waals surface area contributed by atoms with Crippen molar-refractivity contribution in [2.75, 3.05) is 0 Å². The highest BCUT2D eigenvalue weighted by Gasteiger charge is 2.16. The van der Waals surface area contributed by atoms with Gasteiger partial charge in [-0.3, -0.25) is 9.59 Å². The predicted octanol–water partition coefficient (Wildman–Crippen LogP) is 4.34. The van der Waals surface area contributed by atoms with E-state index < -0.39 is 11.8 Å². The van der Waals surface area contributed by atoms with E-state index in [2.05, 4.69) is 15.8 Å². The van der Waals surface area contributed by atoms with Gasteiger partial charge in [-0.1, -0.05) is 41.9 Å². The number of amides is 2. The lowest BCUT2D eigenvalue weighted by Crippen LogP contribution is -2.33. The lowest BCUT2D eigenvalue weighted by atomic mass is 10.1. The van der Waals surface area contributed by atoms with Gasteiger partial charge in [0, 0.05) is 10.4 Å². The fourth-order valence-corrected chi connectivity index (χ4v) is 3.39. The molecule has 0 radical (unpaired) electrons. The first kappa shape index (κ1) is 21.3. The van der Waals surface area contributed by atoms with E-state index in [9.17, 15) is 14.7 Å². The fraction of sp³-hybridized carbons (Fsp3) is 0.0455. The van der Waals surface area contributed by atoms with Gasteiger partial charge >= 0.3 is 0 Å². The topological polar surface area (TPSA) is 90.8 Å². The number of rotatable bonds is 6. The number of phenols is 1. The van der Waals surface area contributed by atoms with Crippen molar-refractivity contribution in [2.24, 2.45) is 5.10 Å². The molecule has 0 aliphatic carbocycles.